The number of likely N-dealkylation sites (tertiary alicyclic amines) is 1. The molecule has 6 heteroatoms. The number of rotatable bonds is 4. The van der Waals surface area contributed by atoms with Crippen LogP contribution in [0.4, 0.5) is 0 Å². The highest BCUT2D eigenvalue weighted by Crippen LogP contribution is 2.24. The van der Waals surface area contributed by atoms with Crippen molar-refractivity contribution in [2.45, 2.75) is 39.5 Å². The van der Waals surface area contributed by atoms with Crippen molar-refractivity contribution in [2.24, 2.45) is 0 Å². The fourth-order valence-electron chi connectivity index (χ4n) is 3.62. The van der Waals surface area contributed by atoms with Crippen molar-refractivity contribution in [1.82, 2.24) is 19.2 Å². The van der Waals surface area contributed by atoms with Crippen LogP contribution in [0, 0.1) is 18.6 Å². The summed E-state index contributed by atoms with van der Waals surface area (Å²) in [6.07, 6.45) is 1.42. The molecular formula is C22H26N4OS. The molecule has 5 nitrogen and oxygen atoms in total. The molecular weight excluding hydrogens is 368 g/mol. The molecule has 1 saturated heterocycles. The highest BCUT2D eigenvalue weighted by atomic mass is 32.1. The summed E-state index contributed by atoms with van der Waals surface area (Å²) in [4.78, 5) is 2.30. The van der Waals surface area contributed by atoms with Crippen LogP contribution in [-0.2, 0) is 6.67 Å². The van der Waals surface area contributed by atoms with E-state index < -0.39 is 0 Å². The Morgan fingerprint density at radius 2 is 1.75 bits per heavy atom. The van der Waals surface area contributed by atoms with Gasteiger partial charge in [0.1, 0.15) is 0 Å². The number of piperidine rings is 1. The predicted molar refractivity (Wildman–Crippen MR) is 114 cm³/mol. The molecule has 1 fully saturated rings. The van der Waals surface area contributed by atoms with Crippen LogP contribution in [-0.4, -0.2) is 43.5 Å². The van der Waals surface area contributed by atoms with Crippen molar-refractivity contribution in [3.05, 3.63) is 64.4 Å². The lowest BCUT2D eigenvalue weighted by atomic mass is 10.1. The summed E-state index contributed by atoms with van der Waals surface area (Å²) in [6, 6.07) is 16.6. The molecule has 0 unspecified atom stereocenters. The molecule has 2 heterocycles. The van der Waals surface area contributed by atoms with Crippen LogP contribution in [0.15, 0.2) is 48.5 Å². The van der Waals surface area contributed by atoms with Gasteiger partial charge in [0.25, 0.3) is 0 Å². The quantitative estimate of drug-likeness (QED) is 0.677. The summed E-state index contributed by atoms with van der Waals surface area (Å²) in [5.41, 5.74) is 4.57. The Morgan fingerprint density at radius 3 is 2.43 bits per heavy atom. The van der Waals surface area contributed by atoms with E-state index in [-0.39, 0.29) is 6.10 Å². The minimum absolute atomic E-state index is 0.183. The van der Waals surface area contributed by atoms with Crippen LogP contribution in [0.5, 0.6) is 0 Å². The number of nitrogens with zero attached hydrogens (tertiary/aromatic N) is 4. The molecule has 1 aliphatic rings. The first-order valence-electron chi connectivity index (χ1n) is 9.76. The smallest absolute Gasteiger partial charge is 0.204 e. The molecule has 28 heavy (non-hydrogen) atoms. The Morgan fingerprint density at radius 1 is 1.04 bits per heavy atom. The molecule has 1 aromatic heterocycles. The zero-order chi connectivity index (χ0) is 19.7. The third-order valence-corrected chi connectivity index (χ3v) is 5.90. The number of hydrogen-bond acceptors (Lipinski definition) is 4. The lowest BCUT2D eigenvalue weighted by Gasteiger charge is -2.28. The van der Waals surface area contributed by atoms with Crippen LogP contribution in [0.3, 0.4) is 0 Å². The van der Waals surface area contributed by atoms with Gasteiger partial charge in [0.05, 0.1) is 18.5 Å². The summed E-state index contributed by atoms with van der Waals surface area (Å²) in [6.45, 7) is 6.60. The summed E-state index contributed by atoms with van der Waals surface area (Å²) in [5.74, 6) is 0.853. The lowest BCUT2D eigenvalue weighted by Crippen LogP contribution is -2.37. The maximum atomic E-state index is 9.77. The van der Waals surface area contributed by atoms with E-state index in [1.54, 1.807) is 0 Å². The standard InChI is InChI=1S/C22H26N4OS/c1-16-8-9-19(14-17(16)2)26-21(18-6-4-3-5-7-18)23-25(22(26)28)15-24-12-10-20(27)11-13-24/h3-9,14,20,27H,10-13,15H2,1-2H3. The van der Waals surface area contributed by atoms with Crippen molar-refractivity contribution in [2.75, 3.05) is 13.1 Å². The average Bonchev–Trinajstić information content (AvgIpc) is 3.03. The summed E-state index contributed by atoms with van der Waals surface area (Å²) >= 11 is 5.85. The van der Waals surface area contributed by atoms with Crippen LogP contribution in [0.1, 0.15) is 24.0 Å². The van der Waals surface area contributed by atoms with Gasteiger partial charge < -0.3 is 5.11 Å². The fourth-order valence-corrected chi connectivity index (χ4v) is 3.91. The Balaban J connectivity index is 1.78. The first kappa shape index (κ1) is 19.1. The van der Waals surface area contributed by atoms with Gasteiger partial charge in [-0.05, 0) is 62.2 Å². The van der Waals surface area contributed by atoms with Crippen molar-refractivity contribution in [3.63, 3.8) is 0 Å². The highest BCUT2D eigenvalue weighted by molar-refractivity contribution is 7.71. The molecule has 3 aromatic rings. The molecule has 4 rings (SSSR count). The molecule has 0 saturated carbocycles. The van der Waals surface area contributed by atoms with E-state index in [9.17, 15) is 5.11 Å². The molecule has 1 N–H and O–H groups in total. The predicted octanol–water partition coefficient (Wildman–Crippen LogP) is 4.10. The van der Waals surface area contributed by atoms with E-state index in [1.807, 2.05) is 22.9 Å². The maximum Gasteiger partial charge on any atom is 0.204 e. The van der Waals surface area contributed by atoms with E-state index in [0.29, 0.717) is 11.4 Å². The monoisotopic (exact) mass is 394 g/mol. The van der Waals surface area contributed by atoms with Crippen molar-refractivity contribution >= 4 is 12.2 Å². The van der Waals surface area contributed by atoms with Gasteiger partial charge in [-0.3, -0.25) is 9.47 Å². The molecule has 0 atom stereocenters. The molecule has 2 aromatic carbocycles. The van der Waals surface area contributed by atoms with E-state index in [1.165, 1.54) is 11.1 Å². The van der Waals surface area contributed by atoms with Gasteiger partial charge in [0.2, 0.25) is 4.77 Å². The number of aliphatic hydroxyl groups excluding tert-OH is 1. The van der Waals surface area contributed by atoms with Crippen LogP contribution in [0.25, 0.3) is 17.1 Å². The van der Waals surface area contributed by atoms with E-state index >= 15 is 0 Å². The maximum absolute atomic E-state index is 9.77. The number of hydrogen-bond donors (Lipinski definition) is 1. The van der Waals surface area contributed by atoms with Crippen LogP contribution in [0.2, 0.25) is 0 Å². The second-order valence-corrected chi connectivity index (χ2v) is 7.93. The summed E-state index contributed by atoms with van der Waals surface area (Å²) < 4.78 is 4.66. The van der Waals surface area contributed by atoms with Gasteiger partial charge in [-0.1, -0.05) is 36.4 Å². The summed E-state index contributed by atoms with van der Waals surface area (Å²) in [7, 11) is 0. The highest BCUT2D eigenvalue weighted by Gasteiger charge is 2.20. The SMILES string of the molecule is Cc1ccc(-n2c(-c3ccccc3)nn(CN3CCC(O)CC3)c2=S)cc1C. The largest absolute Gasteiger partial charge is 0.393 e. The second kappa shape index (κ2) is 7.99. The lowest BCUT2D eigenvalue weighted by molar-refractivity contribution is 0.0651. The summed E-state index contributed by atoms with van der Waals surface area (Å²) in [5, 5.41) is 14.7. The van der Waals surface area contributed by atoms with Gasteiger partial charge in [0, 0.05) is 18.7 Å². The first-order chi connectivity index (χ1) is 13.5. The molecule has 0 bridgehead atoms. The van der Waals surface area contributed by atoms with Crippen molar-refractivity contribution in [1.29, 1.82) is 0 Å². The van der Waals surface area contributed by atoms with E-state index in [0.717, 1.165) is 43.0 Å². The molecule has 146 valence electrons. The number of benzene rings is 2. The molecule has 1 aliphatic heterocycles. The third-order valence-electron chi connectivity index (χ3n) is 5.51. The fraction of sp³-hybridized carbons (Fsp3) is 0.364. The molecule has 0 amide bonds. The Bertz CT molecular complexity index is 1020. The normalized spacial score (nSPS) is 15.8. The van der Waals surface area contributed by atoms with Crippen LogP contribution >= 0.6 is 12.2 Å². The van der Waals surface area contributed by atoms with Gasteiger partial charge in [-0.25, -0.2) is 4.68 Å². The number of aliphatic hydroxyl groups is 1. The molecule has 0 radical (unpaired) electrons. The number of aryl methyl sites for hydroxylation is 2. The topological polar surface area (TPSA) is 46.2 Å². The van der Waals surface area contributed by atoms with Gasteiger partial charge >= 0.3 is 0 Å². The Hall–Kier alpha value is -2.28. The Kier molecular flexibility index (Phi) is 5.44. The van der Waals surface area contributed by atoms with Gasteiger partial charge in [0.15, 0.2) is 5.82 Å². The van der Waals surface area contributed by atoms with Gasteiger partial charge in [-0.15, -0.1) is 5.10 Å². The number of aromatic nitrogens is 3. The molecule has 0 spiro atoms. The van der Waals surface area contributed by atoms with Crippen molar-refractivity contribution in [3.8, 4) is 17.1 Å². The van der Waals surface area contributed by atoms with E-state index in [4.69, 9.17) is 17.3 Å². The second-order valence-electron chi connectivity index (χ2n) is 7.57. The third kappa shape index (κ3) is 3.81. The first-order valence-corrected chi connectivity index (χ1v) is 10.2. The zero-order valence-corrected chi connectivity index (χ0v) is 17.2. The Labute approximate surface area is 170 Å². The molecule has 0 aliphatic carbocycles. The van der Waals surface area contributed by atoms with E-state index in [2.05, 4.69) is 53.6 Å². The average molecular weight is 395 g/mol. The van der Waals surface area contributed by atoms with Crippen molar-refractivity contribution < 1.29 is 5.11 Å². The minimum atomic E-state index is -0.183. The zero-order valence-electron chi connectivity index (χ0n) is 16.4. The minimum Gasteiger partial charge on any atom is -0.393 e. The van der Waals surface area contributed by atoms with Crippen LogP contribution < -0.4 is 0 Å². The van der Waals surface area contributed by atoms with Gasteiger partial charge in [-0.2, -0.15) is 0 Å².